The van der Waals surface area contributed by atoms with Crippen molar-refractivity contribution < 1.29 is 9.53 Å². The van der Waals surface area contributed by atoms with Crippen molar-refractivity contribution in [3.05, 3.63) is 33.3 Å². The Morgan fingerprint density at radius 1 is 1.56 bits per heavy atom. The van der Waals surface area contributed by atoms with Gasteiger partial charge in [-0.2, -0.15) is 0 Å². The van der Waals surface area contributed by atoms with Crippen molar-refractivity contribution in [3.8, 4) is 0 Å². The van der Waals surface area contributed by atoms with Crippen LogP contribution >= 0.6 is 27.5 Å². The molecule has 0 spiro atoms. The van der Waals surface area contributed by atoms with Crippen molar-refractivity contribution in [1.29, 1.82) is 0 Å². The monoisotopic (exact) mass is 305 g/mol. The Hall–Kier alpha value is -0.580. The highest BCUT2D eigenvalue weighted by atomic mass is 79.9. The fourth-order valence-corrected chi connectivity index (χ4v) is 1.71. The zero-order chi connectivity index (χ0) is 12.0. The van der Waals surface area contributed by atoms with Gasteiger partial charge >= 0.3 is 5.97 Å². The van der Waals surface area contributed by atoms with Gasteiger partial charge < -0.3 is 10.1 Å². The molecule has 0 aliphatic rings. The number of hydrogen-bond acceptors (Lipinski definition) is 3. The molecule has 0 unspecified atom stereocenters. The van der Waals surface area contributed by atoms with Crippen molar-refractivity contribution in [3.63, 3.8) is 0 Å². The molecule has 16 heavy (non-hydrogen) atoms. The molecule has 0 aliphatic heterocycles. The van der Waals surface area contributed by atoms with Crippen LogP contribution in [0.15, 0.2) is 22.7 Å². The largest absolute Gasteiger partial charge is 0.465 e. The van der Waals surface area contributed by atoms with E-state index in [2.05, 4.69) is 21.2 Å². The highest BCUT2D eigenvalue weighted by Crippen LogP contribution is 2.22. The lowest BCUT2D eigenvalue weighted by atomic mass is 10.2. The minimum Gasteiger partial charge on any atom is -0.465 e. The summed E-state index contributed by atoms with van der Waals surface area (Å²) < 4.78 is 5.64. The molecule has 5 heteroatoms. The van der Waals surface area contributed by atoms with E-state index in [9.17, 15) is 4.79 Å². The van der Waals surface area contributed by atoms with Gasteiger partial charge in [0.2, 0.25) is 0 Å². The van der Waals surface area contributed by atoms with Gasteiger partial charge in [0, 0.05) is 11.0 Å². The molecule has 1 rings (SSSR count). The quantitative estimate of drug-likeness (QED) is 0.850. The van der Waals surface area contributed by atoms with Gasteiger partial charge in [-0.15, -0.1) is 0 Å². The van der Waals surface area contributed by atoms with Crippen molar-refractivity contribution in [1.82, 2.24) is 5.32 Å². The average Bonchev–Trinajstić information content (AvgIpc) is 2.24. The second-order valence-corrected chi connectivity index (χ2v) is 4.42. The predicted molar refractivity (Wildman–Crippen MR) is 67.5 cm³/mol. The molecule has 0 atom stereocenters. The first-order valence-electron chi connectivity index (χ1n) is 4.93. The van der Waals surface area contributed by atoms with Gasteiger partial charge in [-0.25, -0.2) is 0 Å². The van der Waals surface area contributed by atoms with Crippen molar-refractivity contribution in [2.75, 3.05) is 13.2 Å². The van der Waals surface area contributed by atoms with E-state index < -0.39 is 0 Å². The Labute approximate surface area is 108 Å². The van der Waals surface area contributed by atoms with Crippen LogP contribution < -0.4 is 5.32 Å². The van der Waals surface area contributed by atoms with E-state index in [4.69, 9.17) is 16.3 Å². The van der Waals surface area contributed by atoms with Gasteiger partial charge in [0.05, 0.1) is 18.2 Å². The summed E-state index contributed by atoms with van der Waals surface area (Å²) in [6, 6.07) is 5.64. The second-order valence-electron chi connectivity index (χ2n) is 3.16. The van der Waals surface area contributed by atoms with Gasteiger partial charge in [-0.3, -0.25) is 4.79 Å². The van der Waals surface area contributed by atoms with Crippen LogP contribution in [0.2, 0.25) is 5.02 Å². The lowest BCUT2D eigenvalue weighted by Crippen LogP contribution is -2.24. The summed E-state index contributed by atoms with van der Waals surface area (Å²) in [6.07, 6.45) is 0. The van der Waals surface area contributed by atoms with E-state index in [-0.39, 0.29) is 12.5 Å². The maximum absolute atomic E-state index is 11.0. The average molecular weight is 307 g/mol. The van der Waals surface area contributed by atoms with Gasteiger partial charge in [-0.05, 0) is 40.5 Å². The van der Waals surface area contributed by atoms with Crippen LogP contribution in [0.1, 0.15) is 12.5 Å². The number of rotatable bonds is 5. The lowest BCUT2D eigenvalue weighted by Gasteiger charge is -2.05. The summed E-state index contributed by atoms with van der Waals surface area (Å²) in [5, 5.41) is 3.67. The lowest BCUT2D eigenvalue weighted by molar-refractivity contribution is -0.142. The van der Waals surface area contributed by atoms with Crippen molar-refractivity contribution in [2.24, 2.45) is 0 Å². The van der Waals surface area contributed by atoms with Crippen molar-refractivity contribution >= 4 is 33.5 Å². The van der Waals surface area contributed by atoms with E-state index in [1.54, 1.807) is 6.92 Å². The first-order chi connectivity index (χ1) is 7.63. The molecule has 0 amide bonds. The van der Waals surface area contributed by atoms with Crippen LogP contribution in [0.5, 0.6) is 0 Å². The number of benzene rings is 1. The molecule has 0 heterocycles. The Bertz CT molecular complexity index is 371. The van der Waals surface area contributed by atoms with Crippen LogP contribution in [0.4, 0.5) is 0 Å². The summed E-state index contributed by atoms with van der Waals surface area (Å²) in [4.78, 5) is 11.0. The smallest absolute Gasteiger partial charge is 0.319 e. The number of hydrogen-bond donors (Lipinski definition) is 1. The van der Waals surface area contributed by atoms with E-state index >= 15 is 0 Å². The fourth-order valence-electron chi connectivity index (χ4n) is 1.17. The highest BCUT2D eigenvalue weighted by Gasteiger charge is 2.02. The number of esters is 1. The maximum Gasteiger partial charge on any atom is 0.319 e. The van der Waals surface area contributed by atoms with E-state index in [0.29, 0.717) is 18.2 Å². The summed E-state index contributed by atoms with van der Waals surface area (Å²) >= 11 is 9.21. The highest BCUT2D eigenvalue weighted by molar-refractivity contribution is 9.10. The zero-order valence-corrected chi connectivity index (χ0v) is 11.3. The third-order valence-corrected chi connectivity index (χ3v) is 3.10. The van der Waals surface area contributed by atoms with Crippen molar-refractivity contribution in [2.45, 2.75) is 13.5 Å². The molecule has 0 aromatic heterocycles. The molecule has 1 aromatic rings. The van der Waals surface area contributed by atoms with E-state index in [0.717, 1.165) is 10.0 Å². The van der Waals surface area contributed by atoms with Gasteiger partial charge in [-0.1, -0.05) is 17.7 Å². The Kier molecular flexibility index (Phi) is 5.80. The normalized spacial score (nSPS) is 10.2. The Morgan fingerprint density at radius 2 is 2.31 bits per heavy atom. The molecule has 0 bridgehead atoms. The summed E-state index contributed by atoms with van der Waals surface area (Å²) in [7, 11) is 0. The zero-order valence-electron chi connectivity index (χ0n) is 8.93. The number of carbonyl (C=O) groups is 1. The Balaban J connectivity index is 2.37. The van der Waals surface area contributed by atoms with Gasteiger partial charge in [0.25, 0.3) is 0 Å². The number of nitrogens with one attached hydrogen (secondary N) is 1. The van der Waals surface area contributed by atoms with Crippen LogP contribution in [-0.4, -0.2) is 19.1 Å². The summed E-state index contributed by atoms with van der Waals surface area (Å²) in [5.74, 6) is -0.240. The maximum atomic E-state index is 11.0. The van der Waals surface area contributed by atoms with E-state index in [1.807, 2.05) is 18.2 Å². The molecular weight excluding hydrogens is 293 g/mol. The first-order valence-corrected chi connectivity index (χ1v) is 6.11. The molecule has 1 N–H and O–H groups in total. The summed E-state index contributed by atoms with van der Waals surface area (Å²) in [6.45, 7) is 3.02. The topological polar surface area (TPSA) is 38.3 Å². The molecule has 0 radical (unpaired) electrons. The molecular formula is C11H13BrClNO2. The number of carbonyl (C=O) groups excluding carboxylic acids is 1. The molecule has 3 nitrogen and oxygen atoms in total. The molecule has 0 fully saturated rings. The predicted octanol–water partition coefficient (Wildman–Crippen LogP) is 2.76. The standard InChI is InChI=1S/C11H13BrClNO2/c1-2-16-11(15)7-14-6-8-3-4-10(13)9(12)5-8/h3-5,14H,2,6-7H2,1H3. The summed E-state index contributed by atoms with van der Waals surface area (Å²) in [5.41, 5.74) is 1.06. The van der Waals surface area contributed by atoms with Crippen LogP contribution in [0.25, 0.3) is 0 Å². The molecule has 0 aliphatic carbocycles. The number of ether oxygens (including phenoxy) is 1. The molecule has 0 saturated carbocycles. The van der Waals surface area contributed by atoms with Crippen LogP contribution in [-0.2, 0) is 16.1 Å². The minimum atomic E-state index is -0.240. The second kappa shape index (κ2) is 6.89. The van der Waals surface area contributed by atoms with Crippen LogP contribution in [0, 0.1) is 0 Å². The first kappa shape index (κ1) is 13.5. The SMILES string of the molecule is CCOC(=O)CNCc1ccc(Cl)c(Br)c1. The van der Waals surface area contributed by atoms with Gasteiger partial charge in [0.15, 0.2) is 0 Å². The minimum absolute atomic E-state index is 0.216. The van der Waals surface area contributed by atoms with E-state index in [1.165, 1.54) is 0 Å². The molecule has 1 aromatic carbocycles. The molecule has 0 saturated heterocycles. The van der Waals surface area contributed by atoms with Gasteiger partial charge in [0.1, 0.15) is 0 Å². The van der Waals surface area contributed by atoms with Crippen LogP contribution in [0.3, 0.4) is 0 Å². The molecule has 88 valence electrons. The number of halogens is 2. The fraction of sp³-hybridized carbons (Fsp3) is 0.364. The third-order valence-electron chi connectivity index (χ3n) is 1.89. The third kappa shape index (κ3) is 4.51. The Morgan fingerprint density at radius 3 is 2.94 bits per heavy atom.